The van der Waals surface area contributed by atoms with Gasteiger partial charge in [-0.15, -0.1) is 0 Å². The van der Waals surface area contributed by atoms with Crippen LogP contribution in [0.1, 0.15) is 35.3 Å². The third-order valence-electron chi connectivity index (χ3n) is 4.25. The zero-order valence-corrected chi connectivity index (χ0v) is 14.6. The summed E-state index contributed by atoms with van der Waals surface area (Å²) >= 11 is 0. The minimum Gasteiger partial charge on any atom is -0.346 e. The van der Waals surface area contributed by atoms with Crippen molar-refractivity contribution in [1.29, 1.82) is 10.5 Å². The van der Waals surface area contributed by atoms with Gasteiger partial charge in [0.1, 0.15) is 12.6 Å². The summed E-state index contributed by atoms with van der Waals surface area (Å²) in [6.07, 6.45) is 1.44. The van der Waals surface area contributed by atoms with Gasteiger partial charge in [-0.25, -0.2) is 4.79 Å². The molecule has 0 fully saturated rings. The maximum Gasteiger partial charge on any atom is 0.322 e. The molecule has 3 rings (SSSR count). The number of hydrogen-bond donors (Lipinski definition) is 2. The summed E-state index contributed by atoms with van der Waals surface area (Å²) in [6.45, 7) is 1.80. The van der Waals surface area contributed by atoms with Gasteiger partial charge in [-0.3, -0.25) is 9.78 Å². The molecular formula is C19H16N6O2. The van der Waals surface area contributed by atoms with E-state index in [9.17, 15) is 14.9 Å². The number of amides is 3. The average Bonchev–Trinajstić information content (AvgIpc) is 2.68. The Morgan fingerprint density at radius 1 is 1.33 bits per heavy atom. The summed E-state index contributed by atoms with van der Waals surface area (Å²) in [4.78, 5) is 30.1. The number of urea groups is 1. The first-order valence-electron chi connectivity index (χ1n) is 8.25. The second-order valence-electron chi connectivity index (χ2n) is 6.10. The van der Waals surface area contributed by atoms with Crippen LogP contribution in [0.5, 0.6) is 0 Å². The second-order valence-corrected chi connectivity index (χ2v) is 6.10. The van der Waals surface area contributed by atoms with E-state index in [0.717, 1.165) is 0 Å². The zero-order chi connectivity index (χ0) is 19.4. The fourth-order valence-corrected chi connectivity index (χ4v) is 2.83. The molecule has 2 N–H and O–H groups in total. The maximum absolute atomic E-state index is 12.4. The number of carbonyl (C=O) groups is 2. The molecule has 0 saturated heterocycles. The molecule has 3 amide bonds. The van der Waals surface area contributed by atoms with Gasteiger partial charge < -0.3 is 15.5 Å². The first-order valence-corrected chi connectivity index (χ1v) is 8.25. The highest BCUT2D eigenvalue weighted by Gasteiger charge is 2.26. The number of rotatable bonds is 4. The van der Waals surface area contributed by atoms with E-state index in [-0.39, 0.29) is 25.0 Å². The molecule has 134 valence electrons. The van der Waals surface area contributed by atoms with Gasteiger partial charge in [0.2, 0.25) is 5.91 Å². The number of nitrogens with zero attached hydrogens (tertiary/aromatic N) is 4. The molecule has 8 nitrogen and oxygen atoms in total. The quantitative estimate of drug-likeness (QED) is 0.864. The molecule has 8 heteroatoms. The Kier molecular flexibility index (Phi) is 5.00. The molecule has 1 aromatic carbocycles. The monoisotopic (exact) mass is 360 g/mol. The Morgan fingerprint density at radius 2 is 2.15 bits per heavy atom. The molecule has 0 unspecified atom stereocenters. The minimum absolute atomic E-state index is 0.147. The van der Waals surface area contributed by atoms with Crippen molar-refractivity contribution < 1.29 is 9.59 Å². The molecule has 1 aromatic heterocycles. The summed E-state index contributed by atoms with van der Waals surface area (Å²) in [5, 5.41) is 23.5. The standard InChI is InChI=1S/C19H16N6O2/c1-12(16-6-5-13(7-20)9-22-16)23-18(26)11-25-10-15-14(8-21)3-2-4-17(15)24-19(25)27/h2-6,9,12H,10-11H2,1H3,(H,23,26)(H,24,27)/t12-/m1/s1. The van der Waals surface area contributed by atoms with Crippen LogP contribution in [0.4, 0.5) is 10.5 Å². The van der Waals surface area contributed by atoms with Crippen LogP contribution in [0.3, 0.4) is 0 Å². The minimum atomic E-state index is -0.392. The predicted octanol–water partition coefficient (Wildman–Crippen LogP) is 2.05. The lowest BCUT2D eigenvalue weighted by molar-refractivity contribution is -0.122. The number of fused-ring (bicyclic) bond motifs is 1. The van der Waals surface area contributed by atoms with Gasteiger partial charge in [-0.2, -0.15) is 10.5 Å². The maximum atomic E-state index is 12.4. The number of nitrogens with one attached hydrogen (secondary N) is 2. The molecule has 0 radical (unpaired) electrons. The Morgan fingerprint density at radius 3 is 2.81 bits per heavy atom. The predicted molar refractivity (Wildman–Crippen MR) is 96.1 cm³/mol. The Balaban J connectivity index is 1.66. The van der Waals surface area contributed by atoms with Crippen molar-refractivity contribution in [1.82, 2.24) is 15.2 Å². The van der Waals surface area contributed by atoms with Gasteiger partial charge >= 0.3 is 6.03 Å². The van der Waals surface area contributed by atoms with E-state index in [1.807, 2.05) is 6.07 Å². The molecular weight excluding hydrogens is 344 g/mol. The summed E-state index contributed by atoms with van der Waals surface area (Å²) in [5.41, 5.74) is 2.80. The molecule has 0 saturated carbocycles. The SMILES string of the molecule is C[C@@H](NC(=O)CN1Cc2c(C#N)cccc2NC1=O)c1ccc(C#N)cn1. The molecule has 1 aliphatic heterocycles. The number of carbonyl (C=O) groups excluding carboxylic acids is 2. The molecule has 1 atom stereocenters. The number of benzene rings is 1. The van der Waals surface area contributed by atoms with E-state index < -0.39 is 6.03 Å². The number of anilines is 1. The van der Waals surface area contributed by atoms with Crippen molar-refractivity contribution in [2.24, 2.45) is 0 Å². The highest BCUT2D eigenvalue weighted by molar-refractivity contribution is 5.95. The fourth-order valence-electron chi connectivity index (χ4n) is 2.83. The second kappa shape index (κ2) is 7.54. The van der Waals surface area contributed by atoms with Gasteiger partial charge in [0.15, 0.2) is 0 Å². The largest absolute Gasteiger partial charge is 0.346 e. The average molecular weight is 360 g/mol. The molecule has 0 spiro atoms. The lowest BCUT2D eigenvalue weighted by Gasteiger charge is -2.29. The summed E-state index contributed by atoms with van der Waals surface area (Å²) in [5.74, 6) is -0.346. The first-order chi connectivity index (χ1) is 13.0. The van der Waals surface area contributed by atoms with Crippen LogP contribution in [0.15, 0.2) is 36.5 Å². The van der Waals surface area contributed by atoms with Crippen LogP contribution < -0.4 is 10.6 Å². The van der Waals surface area contributed by atoms with Gasteiger partial charge in [0.25, 0.3) is 0 Å². The van der Waals surface area contributed by atoms with E-state index in [1.165, 1.54) is 11.1 Å². The Bertz CT molecular complexity index is 971. The molecule has 1 aliphatic rings. The fraction of sp³-hybridized carbons (Fsp3) is 0.211. The third-order valence-corrected chi connectivity index (χ3v) is 4.25. The zero-order valence-electron chi connectivity index (χ0n) is 14.6. The first kappa shape index (κ1) is 17.9. The highest BCUT2D eigenvalue weighted by atomic mass is 16.2. The van der Waals surface area contributed by atoms with Crippen molar-refractivity contribution >= 4 is 17.6 Å². The summed E-state index contributed by atoms with van der Waals surface area (Å²) in [7, 11) is 0. The lowest BCUT2D eigenvalue weighted by Crippen LogP contribution is -2.45. The lowest BCUT2D eigenvalue weighted by atomic mass is 10.0. The van der Waals surface area contributed by atoms with E-state index in [1.54, 1.807) is 37.3 Å². The van der Waals surface area contributed by atoms with Crippen LogP contribution in [0.25, 0.3) is 0 Å². The van der Waals surface area contributed by atoms with Crippen molar-refractivity contribution in [3.05, 3.63) is 58.9 Å². The van der Waals surface area contributed by atoms with Crippen LogP contribution in [-0.2, 0) is 11.3 Å². The third kappa shape index (κ3) is 3.86. The Hall–Kier alpha value is -3.91. The van der Waals surface area contributed by atoms with Crippen molar-refractivity contribution in [3.8, 4) is 12.1 Å². The molecule has 2 heterocycles. The normalized spacial score (nSPS) is 13.6. The number of hydrogen-bond acceptors (Lipinski definition) is 5. The number of nitriles is 2. The van der Waals surface area contributed by atoms with Crippen LogP contribution in [0.2, 0.25) is 0 Å². The van der Waals surface area contributed by atoms with Crippen LogP contribution in [0, 0.1) is 22.7 Å². The molecule has 27 heavy (non-hydrogen) atoms. The Labute approximate surface area is 156 Å². The van der Waals surface area contributed by atoms with Crippen molar-refractivity contribution in [3.63, 3.8) is 0 Å². The highest BCUT2D eigenvalue weighted by Crippen LogP contribution is 2.26. The van der Waals surface area contributed by atoms with E-state index in [4.69, 9.17) is 5.26 Å². The topological polar surface area (TPSA) is 122 Å². The van der Waals surface area contributed by atoms with Gasteiger partial charge in [0.05, 0.1) is 35.5 Å². The molecule has 0 bridgehead atoms. The van der Waals surface area contributed by atoms with E-state index in [0.29, 0.717) is 28.1 Å². The number of aromatic nitrogens is 1. The van der Waals surface area contributed by atoms with Crippen molar-refractivity contribution in [2.75, 3.05) is 11.9 Å². The van der Waals surface area contributed by atoms with E-state index >= 15 is 0 Å². The molecule has 2 aromatic rings. The van der Waals surface area contributed by atoms with Crippen LogP contribution >= 0.6 is 0 Å². The van der Waals surface area contributed by atoms with E-state index in [2.05, 4.69) is 21.7 Å². The van der Waals surface area contributed by atoms with Gasteiger partial charge in [0, 0.05) is 17.4 Å². The smallest absolute Gasteiger partial charge is 0.322 e. The number of pyridine rings is 1. The summed E-state index contributed by atoms with van der Waals surface area (Å²) in [6, 6.07) is 11.7. The van der Waals surface area contributed by atoms with Crippen molar-refractivity contribution in [2.45, 2.75) is 19.5 Å². The molecule has 0 aliphatic carbocycles. The summed E-state index contributed by atoms with van der Waals surface area (Å²) < 4.78 is 0. The van der Waals surface area contributed by atoms with Gasteiger partial charge in [-0.1, -0.05) is 6.07 Å². The van der Waals surface area contributed by atoms with Crippen LogP contribution in [-0.4, -0.2) is 28.4 Å². The van der Waals surface area contributed by atoms with Gasteiger partial charge in [-0.05, 0) is 31.2 Å².